The standard InChI is InChI=1S/C29H26N4O5/c1-4-37-24-12-8-22(9-13-24)31-28(34)18-38-26-14-7-21(16-27(26)36-3)15-25-19(2)32-33(29(25)35)23-10-5-20(17-30)6-11-23/h5-16H,4,18H2,1-3H3,(H,31,34)/b25-15+. The van der Waals surface area contributed by atoms with Crippen LogP contribution >= 0.6 is 0 Å². The zero-order chi connectivity index (χ0) is 27.1. The summed E-state index contributed by atoms with van der Waals surface area (Å²) >= 11 is 0. The molecule has 0 saturated carbocycles. The van der Waals surface area contributed by atoms with Crippen molar-refractivity contribution in [1.82, 2.24) is 0 Å². The van der Waals surface area contributed by atoms with Crippen molar-refractivity contribution in [2.75, 3.05) is 30.6 Å². The van der Waals surface area contributed by atoms with Gasteiger partial charge in [0.1, 0.15) is 5.75 Å². The van der Waals surface area contributed by atoms with Crippen LogP contribution in [0.3, 0.4) is 0 Å². The Labute approximate surface area is 220 Å². The van der Waals surface area contributed by atoms with Gasteiger partial charge in [-0.25, -0.2) is 0 Å². The Bertz CT molecular complexity index is 1440. The van der Waals surface area contributed by atoms with Gasteiger partial charge in [-0.1, -0.05) is 6.07 Å². The fraction of sp³-hybridized carbons (Fsp3) is 0.172. The first kappa shape index (κ1) is 26.0. The van der Waals surface area contributed by atoms with E-state index in [1.54, 1.807) is 79.7 Å². The Morgan fingerprint density at radius 1 is 1.05 bits per heavy atom. The minimum Gasteiger partial charge on any atom is -0.494 e. The van der Waals surface area contributed by atoms with Gasteiger partial charge in [-0.2, -0.15) is 15.4 Å². The molecule has 1 aliphatic heterocycles. The van der Waals surface area contributed by atoms with Gasteiger partial charge in [-0.3, -0.25) is 9.59 Å². The molecule has 38 heavy (non-hydrogen) atoms. The third-order valence-corrected chi connectivity index (χ3v) is 5.61. The van der Waals surface area contributed by atoms with Crippen molar-refractivity contribution in [3.8, 4) is 23.3 Å². The zero-order valence-electron chi connectivity index (χ0n) is 21.2. The number of methoxy groups -OCH3 is 1. The summed E-state index contributed by atoms with van der Waals surface area (Å²) < 4.78 is 16.5. The topological polar surface area (TPSA) is 113 Å². The van der Waals surface area contributed by atoms with Crippen LogP contribution in [0.4, 0.5) is 11.4 Å². The number of hydrazone groups is 1. The summed E-state index contributed by atoms with van der Waals surface area (Å²) in [6.45, 7) is 4.01. The smallest absolute Gasteiger partial charge is 0.280 e. The molecule has 1 N–H and O–H groups in total. The van der Waals surface area contributed by atoms with Crippen LogP contribution in [-0.4, -0.2) is 37.8 Å². The third-order valence-electron chi connectivity index (χ3n) is 5.61. The van der Waals surface area contributed by atoms with Gasteiger partial charge in [0, 0.05) is 5.69 Å². The van der Waals surface area contributed by atoms with E-state index in [4.69, 9.17) is 19.5 Å². The molecule has 2 amide bonds. The molecule has 3 aromatic rings. The average molecular weight is 511 g/mol. The molecule has 0 bridgehead atoms. The molecule has 3 aromatic carbocycles. The molecule has 4 rings (SSSR count). The number of rotatable bonds is 9. The van der Waals surface area contributed by atoms with Crippen molar-refractivity contribution in [3.05, 3.63) is 83.4 Å². The van der Waals surface area contributed by atoms with Gasteiger partial charge in [0.05, 0.1) is 42.3 Å². The van der Waals surface area contributed by atoms with Gasteiger partial charge < -0.3 is 19.5 Å². The molecule has 1 aliphatic rings. The van der Waals surface area contributed by atoms with Crippen molar-refractivity contribution < 1.29 is 23.8 Å². The molecule has 9 heteroatoms. The average Bonchev–Trinajstić information content (AvgIpc) is 3.21. The van der Waals surface area contributed by atoms with Crippen LogP contribution in [0.1, 0.15) is 25.0 Å². The first-order chi connectivity index (χ1) is 18.4. The first-order valence-corrected chi connectivity index (χ1v) is 11.9. The maximum absolute atomic E-state index is 13.0. The van der Waals surface area contributed by atoms with E-state index in [-0.39, 0.29) is 18.4 Å². The predicted octanol–water partition coefficient (Wildman–Crippen LogP) is 4.79. The number of nitrogens with zero attached hydrogens (tertiary/aromatic N) is 3. The molecule has 0 unspecified atom stereocenters. The van der Waals surface area contributed by atoms with Crippen LogP contribution in [0.15, 0.2) is 77.4 Å². The number of hydrogen-bond donors (Lipinski definition) is 1. The molecular weight excluding hydrogens is 484 g/mol. The fourth-order valence-electron chi connectivity index (χ4n) is 3.74. The molecule has 192 valence electrons. The van der Waals surface area contributed by atoms with E-state index in [9.17, 15) is 9.59 Å². The van der Waals surface area contributed by atoms with E-state index < -0.39 is 0 Å². The predicted molar refractivity (Wildman–Crippen MR) is 144 cm³/mol. The Morgan fingerprint density at radius 2 is 1.79 bits per heavy atom. The highest BCUT2D eigenvalue weighted by Crippen LogP contribution is 2.31. The Balaban J connectivity index is 1.42. The van der Waals surface area contributed by atoms with Crippen molar-refractivity contribution in [2.45, 2.75) is 13.8 Å². The SMILES string of the molecule is CCOc1ccc(NC(=O)COc2ccc(/C=C3/C(=O)N(c4ccc(C#N)cc4)N=C3C)cc2OC)cc1. The van der Waals surface area contributed by atoms with E-state index >= 15 is 0 Å². The van der Waals surface area contributed by atoms with Crippen LogP contribution in [-0.2, 0) is 9.59 Å². The van der Waals surface area contributed by atoms with E-state index in [2.05, 4.69) is 16.5 Å². The number of carbonyl (C=O) groups is 2. The molecule has 0 aliphatic carbocycles. The van der Waals surface area contributed by atoms with Crippen LogP contribution < -0.4 is 24.5 Å². The van der Waals surface area contributed by atoms with Gasteiger partial charge in [-0.05, 0) is 86.2 Å². The van der Waals surface area contributed by atoms with E-state index in [0.29, 0.717) is 51.9 Å². The molecular formula is C29H26N4O5. The minimum atomic E-state index is -0.325. The van der Waals surface area contributed by atoms with Gasteiger partial charge in [0.25, 0.3) is 11.8 Å². The molecule has 9 nitrogen and oxygen atoms in total. The highest BCUT2D eigenvalue weighted by Gasteiger charge is 2.28. The minimum absolute atomic E-state index is 0.214. The van der Waals surface area contributed by atoms with Gasteiger partial charge in [-0.15, -0.1) is 0 Å². The molecule has 0 spiro atoms. The van der Waals surface area contributed by atoms with Gasteiger partial charge in [0.2, 0.25) is 0 Å². The number of amides is 2. The van der Waals surface area contributed by atoms with Crippen molar-refractivity contribution >= 4 is 35.0 Å². The van der Waals surface area contributed by atoms with E-state index in [0.717, 1.165) is 5.75 Å². The molecule has 0 fully saturated rings. The quantitative estimate of drug-likeness (QED) is 0.414. The lowest BCUT2D eigenvalue weighted by atomic mass is 10.1. The summed E-state index contributed by atoms with van der Waals surface area (Å²) in [6, 6.07) is 20.9. The molecule has 0 radical (unpaired) electrons. The number of hydrogen-bond acceptors (Lipinski definition) is 7. The number of carbonyl (C=O) groups excluding carboxylic acids is 2. The monoisotopic (exact) mass is 510 g/mol. The zero-order valence-corrected chi connectivity index (χ0v) is 21.2. The lowest BCUT2D eigenvalue weighted by Crippen LogP contribution is -2.21. The summed E-state index contributed by atoms with van der Waals surface area (Å²) in [5.74, 6) is 0.923. The Kier molecular flexibility index (Phi) is 8.04. The lowest BCUT2D eigenvalue weighted by molar-refractivity contribution is -0.118. The van der Waals surface area contributed by atoms with Gasteiger partial charge in [0.15, 0.2) is 18.1 Å². The van der Waals surface area contributed by atoms with E-state index in [1.807, 2.05) is 6.92 Å². The second-order valence-electron chi connectivity index (χ2n) is 8.22. The first-order valence-electron chi connectivity index (χ1n) is 11.9. The van der Waals surface area contributed by atoms with Crippen molar-refractivity contribution in [3.63, 3.8) is 0 Å². The highest BCUT2D eigenvalue weighted by atomic mass is 16.5. The lowest BCUT2D eigenvalue weighted by Gasteiger charge is -2.12. The number of ether oxygens (including phenoxy) is 3. The van der Waals surface area contributed by atoms with E-state index in [1.165, 1.54) is 12.1 Å². The summed E-state index contributed by atoms with van der Waals surface area (Å²) in [5.41, 5.74) is 3.39. The van der Waals surface area contributed by atoms with Crippen molar-refractivity contribution in [1.29, 1.82) is 5.26 Å². The molecule has 0 aromatic heterocycles. The molecule has 0 saturated heterocycles. The van der Waals surface area contributed by atoms with Crippen LogP contribution in [0.2, 0.25) is 0 Å². The molecule has 0 atom stereocenters. The highest BCUT2D eigenvalue weighted by molar-refractivity contribution is 6.32. The normalized spacial score (nSPS) is 13.6. The number of anilines is 2. The number of nitriles is 1. The fourth-order valence-corrected chi connectivity index (χ4v) is 3.74. The number of benzene rings is 3. The number of nitrogens with one attached hydrogen (secondary N) is 1. The maximum Gasteiger partial charge on any atom is 0.280 e. The maximum atomic E-state index is 13.0. The Morgan fingerprint density at radius 3 is 2.45 bits per heavy atom. The summed E-state index contributed by atoms with van der Waals surface area (Å²) in [4.78, 5) is 25.4. The summed E-state index contributed by atoms with van der Waals surface area (Å²) in [6.07, 6.45) is 1.72. The second kappa shape index (κ2) is 11.8. The van der Waals surface area contributed by atoms with Crippen LogP contribution in [0.25, 0.3) is 6.08 Å². The largest absolute Gasteiger partial charge is 0.494 e. The summed E-state index contributed by atoms with van der Waals surface area (Å²) in [7, 11) is 1.50. The third kappa shape index (κ3) is 5.99. The van der Waals surface area contributed by atoms with Crippen LogP contribution in [0, 0.1) is 11.3 Å². The second-order valence-corrected chi connectivity index (χ2v) is 8.22. The van der Waals surface area contributed by atoms with Crippen LogP contribution in [0.5, 0.6) is 17.2 Å². The summed E-state index contributed by atoms with van der Waals surface area (Å²) in [5, 5.41) is 17.4. The van der Waals surface area contributed by atoms with Gasteiger partial charge >= 0.3 is 0 Å². The van der Waals surface area contributed by atoms with Crippen molar-refractivity contribution in [2.24, 2.45) is 5.10 Å². The molecule has 1 heterocycles. The Hall–Kier alpha value is -5.10.